The molecule has 0 aliphatic carbocycles. The van der Waals surface area contributed by atoms with Gasteiger partial charge in [0.1, 0.15) is 5.75 Å². The number of carbonyl (C=O) groups excluding carboxylic acids is 1. The molecule has 4 nitrogen and oxygen atoms in total. The Morgan fingerprint density at radius 2 is 2.00 bits per heavy atom. The van der Waals surface area contributed by atoms with Crippen molar-refractivity contribution in [3.8, 4) is 5.75 Å². The summed E-state index contributed by atoms with van der Waals surface area (Å²) in [5.74, 6) is 0.116. The molecule has 0 bridgehead atoms. The highest BCUT2D eigenvalue weighted by atomic mass is 79.9. The van der Waals surface area contributed by atoms with Crippen LogP contribution in [0.4, 0.5) is 5.69 Å². The number of ether oxygens (including phenoxy) is 1. The van der Waals surface area contributed by atoms with E-state index in [2.05, 4.69) is 26.6 Å². The molecule has 0 unspecified atom stereocenters. The molecule has 0 saturated heterocycles. The zero-order valence-electron chi connectivity index (χ0n) is 13.2. The SMILES string of the molecule is CCCOc1ccc(Br)cc1C(=O)NC(=S)Nc1ccc(Cl)cc1Cl. The lowest BCUT2D eigenvalue weighted by atomic mass is 10.2. The van der Waals surface area contributed by atoms with E-state index in [1.54, 1.807) is 30.3 Å². The number of thiocarbonyl (C=S) groups is 1. The van der Waals surface area contributed by atoms with E-state index in [0.717, 1.165) is 10.9 Å². The number of benzene rings is 2. The second-order valence-corrected chi connectivity index (χ2v) is 7.19. The van der Waals surface area contributed by atoms with Gasteiger partial charge in [-0.1, -0.05) is 46.1 Å². The summed E-state index contributed by atoms with van der Waals surface area (Å²) in [5.41, 5.74) is 0.933. The molecule has 0 aliphatic rings. The van der Waals surface area contributed by atoms with Gasteiger partial charge in [-0.05, 0) is 55.0 Å². The van der Waals surface area contributed by atoms with E-state index in [1.165, 1.54) is 0 Å². The van der Waals surface area contributed by atoms with Gasteiger partial charge in [0.25, 0.3) is 5.91 Å². The van der Waals surface area contributed by atoms with Crippen LogP contribution >= 0.6 is 51.3 Å². The summed E-state index contributed by atoms with van der Waals surface area (Å²) in [6, 6.07) is 10.2. The second kappa shape index (κ2) is 9.38. The van der Waals surface area contributed by atoms with Crippen molar-refractivity contribution in [2.75, 3.05) is 11.9 Å². The molecule has 2 aromatic carbocycles. The minimum atomic E-state index is -0.380. The summed E-state index contributed by atoms with van der Waals surface area (Å²) < 4.78 is 6.38. The Hall–Kier alpha value is -1.34. The van der Waals surface area contributed by atoms with Crippen LogP contribution in [0.2, 0.25) is 10.0 Å². The van der Waals surface area contributed by atoms with Crippen LogP contribution in [-0.2, 0) is 0 Å². The van der Waals surface area contributed by atoms with Gasteiger partial charge in [-0.2, -0.15) is 0 Å². The lowest BCUT2D eigenvalue weighted by Gasteiger charge is -2.14. The standard InChI is InChI=1S/C17H15BrCl2N2O2S/c1-2-7-24-15-6-3-10(18)8-12(15)16(23)22-17(25)21-14-5-4-11(19)9-13(14)20/h3-6,8-9H,2,7H2,1H3,(H2,21,22,23,25). The third-order valence-electron chi connectivity index (χ3n) is 3.05. The fraction of sp³-hybridized carbons (Fsp3) is 0.176. The van der Waals surface area contributed by atoms with Crippen molar-refractivity contribution in [1.29, 1.82) is 0 Å². The summed E-state index contributed by atoms with van der Waals surface area (Å²) in [5, 5.41) is 6.53. The monoisotopic (exact) mass is 460 g/mol. The molecule has 25 heavy (non-hydrogen) atoms. The molecular formula is C17H15BrCl2N2O2S. The van der Waals surface area contributed by atoms with Gasteiger partial charge in [-0.15, -0.1) is 0 Å². The van der Waals surface area contributed by atoms with E-state index < -0.39 is 0 Å². The number of rotatable bonds is 5. The first-order chi connectivity index (χ1) is 11.9. The average molecular weight is 462 g/mol. The van der Waals surface area contributed by atoms with E-state index in [-0.39, 0.29) is 11.0 Å². The Kier molecular flexibility index (Phi) is 7.50. The van der Waals surface area contributed by atoms with Crippen molar-refractivity contribution in [2.24, 2.45) is 0 Å². The normalized spacial score (nSPS) is 10.2. The van der Waals surface area contributed by atoms with Crippen LogP contribution in [0, 0.1) is 0 Å². The van der Waals surface area contributed by atoms with Crippen molar-refractivity contribution >= 4 is 68.1 Å². The van der Waals surface area contributed by atoms with Crippen molar-refractivity contribution in [3.63, 3.8) is 0 Å². The van der Waals surface area contributed by atoms with E-state index in [4.69, 9.17) is 40.2 Å². The van der Waals surface area contributed by atoms with Crippen LogP contribution in [0.5, 0.6) is 5.75 Å². The number of carbonyl (C=O) groups is 1. The molecule has 0 spiro atoms. The number of amides is 1. The summed E-state index contributed by atoms with van der Waals surface area (Å²) in [4.78, 5) is 12.5. The Balaban J connectivity index is 2.10. The number of nitrogens with one attached hydrogen (secondary N) is 2. The molecule has 0 aromatic heterocycles. The maximum atomic E-state index is 12.5. The molecule has 8 heteroatoms. The van der Waals surface area contributed by atoms with Crippen molar-refractivity contribution in [3.05, 3.63) is 56.5 Å². The molecule has 2 N–H and O–H groups in total. The largest absolute Gasteiger partial charge is 0.493 e. The molecule has 0 saturated carbocycles. The first-order valence-corrected chi connectivity index (χ1v) is 9.36. The minimum Gasteiger partial charge on any atom is -0.493 e. The first kappa shape index (κ1) is 20.0. The van der Waals surface area contributed by atoms with Gasteiger partial charge in [0.05, 0.1) is 22.9 Å². The first-order valence-electron chi connectivity index (χ1n) is 7.40. The molecule has 0 atom stereocenters. The van der Waals surface area contributed by atoms with Crippen molar-refractivity contribution in [1.82, 2.24) is 5.32 Å². The Labute approximate surface area is 170 Å². The highest BCUT2D eigenvalue weighted by Crippen LogP contribution is 2.26. The van der Waals surface area contributed by atoms with E-state index in [0.29, 0.717) is 33.7 Å². The lowest BCUT2D eigenvalue weighted by Crippen LogP contribution is -2.34. The topological polar surface area (TPSA) is 50.4 Å². The predicted octanol–water partition coefficient (Wildman–Crippen LogP) is 5.67. The quantitative estimate of drug-likeness (QED) is 0.563. The Bertz CT molecular complexity index is 802. The van der Waals surface area contributed by atoms with Crippen LogP contribution < -0.4 is 15.4 Å². The van der Waals surface area contributed by atoms with Crippen molar-refractivity contribution in [2.45, 2.75) is 13.3 Å². The fourth-order valence-corrected chi connectivity index (χ4v) is 2.95. The smallest absolute Gasteiger partial charge is 0.261 e. The van der Waals surface area contributed by atoms with Gasteiger partial charge in [-0.3, -0.25) is 10.1 Å². The molecule has 0 fully saturated rings. The van der Waals surface area contributed by atoms with Gasteiger partial charge in [0, 0.05) is 9.50 Å². The summed E-state index contributed by atoms with van der Waals surface area (Å²) in [7, 11) is 0. The molecule has 0 aliphatic heterocycles. The van der Waals surface area contributed by atoms with E-state index in [1.807, 2.05) is 13.0 Å². The lowest BCUT2D eigenvalue weighted by molar-refractivity contribution is 0.0973. The van der Waals surface area contributed by atoms with Crippen LogP contribution in [0.25, 0.3) is 0 Å². The highest BCUT2D eigenvalue weighted by Gasteiger charge is 2.15. The van der Waals surface area contributed by atoms with Crippen LogP contribution in [0.15, 0.2) is 40.9 Å². The second-order valence-electron chi connectivity index (χ2n) is 5.02. The molecule has 1 amide bonds. The van der Waals surface area contributed by atoms with Crippen molar-refractivity contribution < 1.29 is 9.53 Å². The average Bonchev–Trinajstić information content (AvgIpc) is 2.56. The fourth-order valence-electron chi connectivity index (χ4n) is 1.93. The zero-order valence-corrected chi connectivity index (χ0v) is 17.2. The summed E-state index contributed by atoms with van der Waals surface area (Å²) in [6.45, 7) is 2.51. The number of hydrogen-bond donors (Lipinski definition) is 2. The molecule has 2 aromatic rings. The van der Waals surface area contributed by atoms with Gasteiger partial charge in [0.2, 0.25) is 0 Å². The summed E-state index contributed by atoms with van der Waals surface area (Å²) >= 11 is 20.5. The van der Waals surface area contributed by atoms with Gasteiger partial charge < -0.3 is 10.1 Å². The van der Waals surface area contributed by atoms with Gasteiger partial charge in [0.15, 0.2) is 5.11 Å². The van der Waals surface area contributed by atoms with Gasteiger partial charge >= 0.3 is 0 Å². The zero-order chi connectivity index (χ0) is 18.4. The molecule has 2 rings (SSSR count). The number of halogens is 3. The van der Waals surface area contributed by atoms with Crippen LogP contribution in [0.3, 0.4) is 0 Å². The van der Waals surface area contributed by atoms with Crippen LogP contribution in [-0.4, -0.2) is 17.6 Å². The maximum Gasteiger partial charge on any atom is 0.261 e. The minimum absolute atomic E-state index is 0.121. The van der Waals surface area contributed by atoms with E-state index in [9.17, 15) is 4.79 Å². The highest BCUT2D eigenvalue weighted by molar-refractivity contribution is 9.10. The maximum absolute atomic E-state index is 12.5. The molecule has 132 valence electrons. The molecular weight excluding hydrogens is 447 g/mol. The van der Waals surface area contributed by atoms with E-state index >= 15 is 0 Å². The van der Waals surface area contributed by atoms with Crippen LogP contribution in [0.1, 0.15) is 23.7 Å². The number of anilines is 1. The Morgan fingerprint density at radius 1 is 1.24 bits per heavy atom. The third kappa shape index (κ3) is 5.85. The number of hydrogen-bond acceptors (Lipinski definition) is 3. The summed E-state index contributed by atoms with van der Waals surface area (Å²) in [6.07, 6.45) is 0.839. The third-order valence-corrected chi connectivity index (χ3v) is 4.30. The van der Waals surface area contributed by atoms with Gasteiger partial charge in [-0.25, -0.2) is 0 Å². The molecule has 0 radical (unpaired) electrons. The Morgan fingerprint density at radius 3 is 2.68 bits per heavy atom. The predicted molar refractivity (Wildman–Crippen MR) is 110 cm³/mol. The molecule has 0 heterocycles.